The second kappa shape index (κ2) is 7.64. The van der Waals surface area contributed by atoms with Crippen molar-refractivity contribution in [3.05, 3.63) is 0 Å². The summed E-state index contributed by atoms with van der Waals surface area (Å²) in [5, 5.41) is 14.9. The van der Waals surface area contributed by atoms with Crippen molar-refractivity contribution in [3.63, 3.8) is 0 Å². The molecule has 3 atom stereocenters. The first-order chi connectivity index (χ1) is 10.1. The van der Waals surface area contributed by atoms with Gasteiger partial charge in [0.25, 0.3) is 0 Å². The summed E-state index contributed by atoms with van der Waals surface area (Å²) < 4.78 is 0. The molecule has 1 saturated heterocycles. The Hall–Kier alpha value is -1.30. The zero-order valence-corrected chi connectivity index (χ0v) is 12.8. The smallest absolute Gasteiger partial charge is 0.315 e. The number of carboxylic acids is 1. The van der Waals surface area contributed by atoms with Crippen molar-refractivity contribution < 1.29 is 14.7 Å². The van der Waals surface area contributed by atoms with E-state index >= 15 is 0 Å². The zero-order valence-electron chi connectivity index (χ0n) is 12.8. The molecule has 3 N–H and O–H groups in total. The molecule has 6 heteroatoms. The van der Waals surface area contributed by atoms with Crippen molar-refractivity contribution >= 4 is 12.0 Å². The largest absolute Gasteiger partial charge is 0.481 e. The van der Waals surface area contributed by atoms with Gasteiger partial charge in [-0.3, -0.25) is 9.69 Å². The third kappa shape index (κ3) is 4.59. The van der Waals surface area contributed by atoms with Crippen LogP contribution in [0.5, 0.6) is 0 Å². The van der Waals surface area contributed by atoms with E-state index in [0.29, 0.717) is 19.0 Å². The van der Waals surface area contributed by atoms with Crippen LogP contribution < -0.4 is 10.6 Å². The number of aliphatic carboxylic acids is 1. The summed E-state index contributed by atoms with van der Waals surface area (Å²) in [5.41, 5.74) is 0. The van der Waals surface area contributed by atoms with Crippen LogP contribution in [0, 0.1) is 5.92 Å². The summed E-state index contributed by atoms with van der Waals surface area (Å²) in [6, 6.07) is 0.276. The molecule has 21 heavy (non-hydrogen) atoms. The molecule has 6 nitrogen and oxygen atoms in total. The van der Waals surface area contributed by atoms with Gasteiger partial charge in [0, 0.05) is 18.6 Å². The molecule has 0 bridgehead atoms. The molecule has 2 rings (SSSR count). The van der Waals surface area contributed by atoms with E-state index in [1.807, 2.05) is 0 Å². The molecule has 0 aromatic rings. The Bertz CT molecular complexity index is 375. The number of likely N-dealkylation sites (tertiary alicyclic amines) is 1. The predicted octanol–water partition coefficient (Wildman–Crippen LogP) is 1.41. The van der Waals surface area contributed by atoms with Gasteiger partial charge in [0.05, 0.1) is 5.92 Å². The van der Waals surface area contributed by atoms with Crippen LogP contribution in [0.4, 0.5) is 4.79 Å². The van der Waals surface area contributed by atoms with Crippen LogP contribution in [0.3, 0.4) is 0 Å². The highest BCUT2D eigenvalue weighted by atomic mass is 16.4. The first kappa shape index (κ1) is 16.1. The van der Waals surface area contributed by atoms with Gasteiger partial charge < -0.3 is 15.7 Å². The van der Waals surface area contributed by atoms with Crippen LogP contribution in [0.2, 0.25) is 0 Å². The second-order valence-electron chi connectivity index (χ2n) is 6.18. The van der Waals surface area contributed by atoms with Gasteiger partial charge in [0.15, 0.2) is 0 Å². The number of hydrogen-bond donors (Lipinski definition) is 3. The minimum absolute atomic E-state index is 0.00861. The lowest BCUT2D eigenvalue weighted by Crippen LogP contribution is -2.48. The van der Waals surface area contributed by atoms with Gasteiger partial charge in [-0.2, -0.15) is 0 Å². The number of rotatable bonds is 5. The molecule has 2 fully saturated rings. The Morgan fingerprint density at radius 2 is 2.05 bits per heavy atom. The highest BCUT2D eigenvalue weighted by Gasteiger charge is 2.28. The Morgan fingerprint density at radius 3 is 2.76 bits per heavy atom. The van der Waals surface area contributed by atoms with E-state index in [4.69, 9.17) is 5.11 Å². The van der Waals surface area contributed by atoms with Gasteiger partial charge >= 0.3 is 12.0 Å². The monoisotopic (exact) mass is 297 g/mol. The molecule has 0 spiro atoms. The highest BCUT2D eigenvalue weighted by molar-refractivity contribution is 5.74. The van der Waals surface area contributed by atoms with Gasteiger partial charge in [0.1, 0.15) is 0 Å². The maximum Gasteiger partial charge on any atom is 0.315 e. The topological polar surface area (TPSA) is 81.7 Å². The van der Waals surface area contributed by atoms with Crippen LogP contribution in [0.1, 0.15) is 45.4 Å². The fourth-order valence-electron chi connectivity index (χ4n) is 3.53. The second-order valence-corrected chi connectivity index (χ2v) is 6.18. The molecule has 1 heterocycles. The molecule has 0 radical (unpaired) electrons. The van der Waals surface area contributed by atoms with Crippen molar-refractivity contribution in [1.82, 2.24) is 15.5 Å². The van der Waals surface area contributed by atoms with Gasteiger partial charge in [-0.1, -0.05) is 13.3 Å². The van der Waals surface area contributed by atoms with Crippen molar-refractivity contribution in [2.24, 2.45) is 5.92 Å². The lowest BCUT2D eigenvalue weighted by Gasteiger charge is -2.28. The summed E-state index contributed by atoms with van der Waals surface area (Å²) in [6.07, 6.45) is 5.36. The Kier molecular flexibility index (Phi) is 5.85. The fourth-order valence-corrected chi connectivity index (χ4v) is 3.53. The van der Waals surface area contributed by atoms with Crippen molar-refractivity contribution in [1.29, 1.82) is 0 Å². The van der Waals surface area contributed by atoms with E-state index in [1.165, 1.54) is 6.42 Å². The molecular weight excluding hydrogens is 270 g/mol. The standard InChI is InChI=1S/C15H27N3O3/c1-2-18-8-4-7-13(18)10-16-15(21)17-12-6-3-5-11(9-12)14(19)20/h11-13H,2-10H2,1H3,(H,19,20)(H2,16,17,21). The first-order valence-electron chi connectivity index (χ1n) is 8.11. The van der Waals surface area contributed by atoms with Crippen LogP contribution in [-0.2, 0) is 4.79 Å². The molecule has 1 aliphatic carbocycles. The molecule has 0 aromatic heterocycles. The minimum atomic E-state index is -0.744. The highest BCUT2D eigenvalue weighted by Crippen LogP contribution is 2.24. The lowest BCUT2D eigenvalue weighted by molar-refractivity contribution is -0.143. The predicted molar refractivity (Wildman–Crippen MR) is 80.2 cm³/mol. The normalized spacial score (nSPS) is 30.0. The maximum atomic E-state index is 12.0. The molecule has 1 aliphatic heterocycles. The molecular formula is C15H27N3O3. The van der Waals surface area contributed by atoms with Gasteiger partial charge in [-0.05, 0) is 45.2 Å². The van der Waals surface area contributed by atoms with E-state index in [1.54, 1.807) is 0 Å². The van der Waals surface area contributed by atoms with Crippen LogP contribution >= 0.6 is 0 Å². The number of amides is 2. The molecule has 1 saturated carbocycles. The Labute approximate surface area is 126 Å². The zero-order chi connectivity index (χ0) is 15.2. The molecule has 120 valence electrons. The lowest BCUT2D eigenvalue weighted by atomic mass is 9.86. The number of nitrogens with one attached hydrogen (secondary N) is 2. The molecule has 2 amide bonds. The number of carbonyl (C=O) groups excluding carboxylic acids is 1. The first-order valence-corrected chi connectivity index (χ1v) is 8.11. The van der Waals surface area contributed by atoms with Crippen LogP contribution in [0.25, 0.3) is 0 Å². The number of nitrogens with zero attached hydrogens (tertiary/aromatic N) is 1. The Balaban J connectivity index is 1.70. The maximum absolute atomic E-state index is 12.0. The summed E-state index contributed by atoms with van der Waals surface area (Å²) >= 11 is 0. The summed E-state index contributed by atoms with van der Waals surface area (Å²) in [6.45, 7) is 4.96. The summed E-state index contributed by atoms with van der Waals surface area (Å²) in [5.74, 6) is -1.05. The Morgan fingerprint density at radius 1 is 1.24 bits per heavy atom. The van der Waals surface area contributed by atoms with Gasteiger partial charge in [-0.25, -0.2) is 4.79 Å². The van der Waals surface area contributed by atoms with Crippen LogP contribution in [0.15, 0.2) is 0 Å². The number of urea groups is 1. The third-order valence-corrected chi connectivity index (χ3v) is 4.76. The van der Waals surface area contributed by atoms with E-state index in [2.05, 4.69) is 22.5 Å². The number of carbonyl (C=O) groups is 2. The van der Waals surface area contributed by atoms with E-state index in [-0.39, 0.29) is 18.0 Å². The number of likely N-dealkylation sites (N-methyl/N-ethyl adjacent to an activating group) is 1. The third-order valence-electron chi connectivity index (χ3n) is 4.76. The van der Waals surface area contributed by atoms with E-state index in [0.717, 1.165) is 38.8 Å². The average Bonchev–Trinajstić information content (AvgIpc) is 2.93. The minimum Gasteiger partial charge on any atom is -0.481 e. The van der Waals surface area contributed by atoms with Crippen molar-refractivity contribution in [2.45, 2.75) is 57.5 Å². The summed E-state index contributed by atoms with van der Waals surface area (Å²) in [7, 11) is 0. The van der Waals surface area contributed by atoms with Gasteiger partial charge in [0.2, 0.25) is 0 Å². The van der Waals surface area contributed by atoms with E-state index in [9.17, 15) is 9.59 Å². The van der Waals surface area contributed by atoms with Crippen molar-refractivity contribution in [2.75, 3.05) is 19.6 Å². The van der Waals surface area contributed by atoms with Gasteiger partial charge in [-0.15, -0.1) is 0 Å². The number of carboxylic acid groups (broad SMARTS) is 1. The number of hydrogen-bond acceptors (Lipinski definition) is 3. The van der Waals surface area contributed by atoms with E-state index < -0.39 is 5.97 Å². The average molecular weight is 297 g/mol. The molecule has 0 aromatic carbocycles. The fraction of sp³-hybridized carbons (Fsp3) is 0.867. The van der Waals surface area contributed by atoms with Crippen LogP contribution in [-0.4, -0.2) is 53.7 Å². The molecule has 3 unspecified atom stereocenters. The molecule has 2 aliphatic rings. The quantitative estimate of drug-likeness (QED) is 0.716. The van der Waals surface area contributed by atoms with Crippen molar-refractivity contribution in [3.8, 4) is 0 Å². The SMILES string of the molecule is CCN1CCCC1CNC(=O)NC1CCCC(C(=O)O)C1. The summed E-state index contributed by atoms with van der Waals surface area (Å²) in [4.78, 5) is 25.4.